The molecule has 0 aliphatic rings. The van der Waals surface area contributed by atoms with E-state index >= 15 is 0 Å². The summed E-state index contributed by atoms with van der Waals surface area (Å²) in [5, 5.41) is 29.1. The second-order valence-corrected chi connectivity index (χ2v) is 13.3. The third-order valence-electron chi connectivity index (χ3n) is 6.35. The van der Waals surface area contributed by atoms with Gasteiger partial charge in [0.25, 0.3) is 0 Å². The lowest BCUT2D eigenvalue weighted by molar-refractivity contribution is -0.160. The minimum atomic E-state index is -1.60. The highest BCUT2D eigenvalue weighted by atomic mass is 16.6. The number of ketones is 1. The molecule has 0 aliphatic heterocycles. The van der Waals surface area contributed by atoms with Crippen LogP contribution >= 0.6 is 0 Å². The number of carbonyl (C=O) groups excluding carboxylic acids is 3. The molecule has 5 N–H and O–H groups in total. The summed E-state index contributed by atoms with van der Waals surface area (Å²) < 4.78 is 10.5. The Kier molecular flexibility index (Phi) is 20.4. The van der Waals surface area contributed by atoms with Crippen LogP contribution in [0, 0.1) is 11.8 Å². The number of carboxylic acids is 1. The molecular weight excluding hydrogens is 602 g/mol. The second kappa shape index (κ2) is 22.1. The number of aliphatic carboxylic acids is 1. The monoisotopic (exact) mass is 659 g/mol. The zero-order chi connectivity index (χ0) is 36.2. The lowest BCUT2D eigenvalue weighted by Gasteiger charge is -2.24. The summed E-state index contributed by atoms with van der Waals surface area (Å²) >= 11 is 0. The first kappa shape index (κ1) is 43.4. The van der Waals surface area contributed by atoms with Gasteiger partial charge in [-0.05, 0) is 78.5 Å². The minimum Gasteiger partial charge on any atom is -0.479 e. The quantitative estimate of drug-likeness (QED) is 0.195. The van der Waals surface area contributed by atoms with Crippen LogP contribution in [-0.4, -0.2) is 69.0 Å². The van der Waals surface area contributed by atoms with Crippen LogP contribution in [0.15, 0.2) is 60.7 Å². The smallest absolute Gasteiger partial charge is 0.332 e. The lowest BCUT2D eigenvalue weighted by atomic mass is 9.88. The Morgan fingerprint density at radius 3 is 1.32 bits per heavy atom. The van der Waals surface area contributed by atoms with Crippen LogP contribution in [0.5, 0.6) is 0 Å². The Morgan fingerprint density at radius 1 is 0.681 bits per heavy atom. The largest absolute Gasteiger partial charge is 0.479 e. The molecule has 0 saturated carbocycles. The van der Waals surface area contributed by atoms with Gasteiger partial charge in [-0.25, -0.2) is 4.79 Å². The van der Waals surface area contributed by atoms with E-state index in [1.807, 2.05) is 74.5 Å². The summed E-state index contributed by atoms with van der Waals surface area (Å²) in [5.41, 5.74) is 5.49. The van der Waals surface area contributed by atoms with Crippen molar-refractivity contribution in [3.63, 3.8) is 0 Å². The first-order valence-corrected chi connectivity index (χ1v) is 16.2. The fourth-order valence-electron chi connectivity index (χ4n) is 4.48. The van der Waals surface area contributed by atoms with Crippen LogP contribution in [0.2, 0.25) is 0 Å². The molecule has 47 heavy (non-hydrogen) atoms. The van der Waals surface area contributed by atoms with Crippen LogP contribution in [0.4, 0.5) is 0 Å². The van der Waals surface area contributed by atoms with Gasteiger partial charge in [-0.2, -0.15) is 0 Å². The number of Topliss-reactive ketones (excluding diaryl/α,β-unsaturated/α-hetero) is 1. The number of ether oxygens (including phenoxy) is 2. The number of hydrogen-bond acceptors (Lipinski definition) is 9. The molecule has 2 aromatic rings. The fraction of sp³-hybridized carbons (Fsp3) is 0.568. The number of hydrogen-bond donors (Lipinski definition) is 4. The Bertz CT molecular complexity index is 1190. The summed E-state index contributed by atoms with van der Waals surface area (Å²) in [6.07, 6.45) is -1.08. The Balaban J connectivity index is 0.000000833. The van der Waals surface area contributed by atoms with E-state index < -0.39 is 47.2 Å². The number of nitrogens with two attached hydrogens (primary N) is 1. The number of rotatable bonds is 14. The van der Waals surface area contributed by atoms with Crippen molar-refractivity contribution in [1.29, 1.82) is 0 Å². The maximum absolute atomic E-state index is 12.1. The SMILES string of the molecule is CC(C)(C)OC(=O)C[C@@H](Cc1ccccc1)C(O)C(=O)O.CCCC(=O)C(O)[C@@H](CC(=O)OC(C)(C)C)Cc1ccccc1.CCN. The van der Waals surface area contributed by atoms with E-state index in [4.69, 9.17) is 20.3 Å². The molecule has 0 spiro atoms. The number of esters is 2. The van der Waals surface area contributed by atoms with Gasteiger partial charge in [-0.1, -0.05) is 74.5 Å². The van der Waals surface area contributed by atoms with Crippen molar-refractivity contribution in [1.82, 2.24) is 0 Å². The van der Waals surface area contributed by atoms with Gasteiger partial charge >= 0.3 is 17.9 Å². The molecular formula is C37H57NO9. The van der Waals surface area contributed by atoms with Crippen molar-refractivity contribution in [3.05, 3.63) is 71.8 Å². The summed E-state index contributed by atoms with van der Waals surface area (Å²) in [5.74, 6) is -3.63. The molecule has 2 rings (SSSR count). The van der Waals surface area contributed by atoms with Crippen molar-refractivity contribution < 1.29 is 44.0 Å². The third-order valence-corrected chi connectivity index (χ3v) is 6.35. The first-order chi connectivity index (χ1) is 21.8. The van der Waals surface area contributed by atoms with E-state index in [9.17, 15) is 29.4 Å². The molecule has 0 fully saturated rings. The Hall–Kier alpha value is -3.60. The summed E-state index contributed by atoms with van der Waals surface area (Å²) in [6.45, 7) is 15.2. The number of carbonyl (C=O) groups is 4. The van der Waals surface area contributed by atoms with Crippen molar-refractivity contribution in [3.8, 4) is 0 Å². The highest BCUT2D eigenvalue weighted by molar-refractivity contribution is 5.84. The standard InChI is InChI=1S/C19H28O4.C16H22O5.C2H7N/c1-5-9-16(20)18(22)15(12-14-10-7-6-8-11-14)13-17(21)23-19(2,3)4;1-16(2,3)21-13(17)10-12(14(18)15(19)20)9-11-7-5-4-6-8-11;1-2-3/h6-8,10-11,15,18,22H,5,9,12-13H2,1-4H3;4-8,12,14,18H,9-10H2,1-3H3,(H,19,20);2-3H2,1H3/t15-,18?;12-,14?;/m11./s1. The second-order valence-electron chi connectivity index (χ2n) is 13.3. The summed E-state index contributed by atoms with van der Waals surface area (Å²) in [4.78, 5) is 47.0. The van der Waals surface area contributed by atoms with Gasteiger partial charge in [-0.3, -0.25) is 14.4 Å². The lowest BCUT2D eigenvalue weighted by Crippen LogP contribution is -2.34. The number of aliphatic hydroxyl groups excluding tert-OH is 2. The Labute approximate surface area is 280 Å². The molecule has 0 radical (unpaired) electrons. The minimum absolute atomic E-state index is 0.0305. The number of aliphatic hydroxyl groups is 2. The topological polar surface area (TPSA) is 173 Å². The molecule has 0 heterocycles. The van der Waals surface area contributed by atoms with E-state index in [-0.39, 0.29) is 24.6 Å². The predicted octanol–water partition coefficient (Wildman–Crippen LogP) is 5.29. The van der Waals surface area contributed by atoms with Gasteiger partial charge in [-0.15, -0.1) is 0 Å². The average Bonchev–Trinajstić information content (AvgIpc) is 2.95. The van der Waals surface area contributed by atoms with Gasteiger partial charge < -0.3 is 30.5 Å². The summed E-state index contributed by atoms with van der Waals surface area (Å²) in [6, 6.07) is 18.7. The number of carboxylic acid groups (broad SMARTS) is 1. The molecule has 0 amide bonds. The summed E-state index contributed by atoms with van der Waals surface area (Å²) in [7, 11) is 0. The van der Waals surface area contributed by atoms with Crippen LogP contribution in [-0.2, 0) is 41.5 Å². The van der Waals surface area contributed by atoms with Crippen LogP contribution in [0.3, 0.4) is 0 Å². The molecule has 0 aliphatic carbocycles. The first-order valence-electron chi connectivity index (χ1n) is 16.2. The fourth-order valence-corrected chi connectivity index (χ4v) is 4.48. The van der Waals surface area contributed by atoms with Gasteiger partial charge in [0.05, 0.1) is 12.8 Å². The zero-order valence-electron chi connectivity index (χ0n) is 29.4. The van der Waals surface area contributed by atoms with Gasteiger partial charge in [0.2, 0.25) is 0 Å². The number of benzene rings is 2. The van der Waals surface area contributed by atoms with Crippen LogP contribution in [0.1, 0.15) is 92.2 Å². The maximum Gasteiger partial charge on any atom is 0.332 e. The van der Waals surface area contributed by atoms with Crippen LogP contribution < -0.4 is 5.73 Å². The van der Waals surface area contributed by atoms with Crippen molar-refractivity contribution in [2.45, 2.75) is 117 Å². The van der Waals surface area contributed by atoms with Crippen molar-refractivity contribution >= 4 is 23.7 Å². The van der Waals surface area contributed by atoms with Crippen molar-refractivity contribution in [2.75, 3.05) is 6.54 Å². The average molecular weight is 660 g/mol. The molecule has 0 aromatic heterocycles. The Morgan fingerprint density at radius 2 is 1.02 bits per heavy atom. The van der Waals surface area contributed by atoms with E-state index in [1.54, 1.807) is 41.5 Å². The van der Waals surface area contributed by atoms with Crippen molar-refractivity contribution in [2.24, 2.45) is 17.6 Å². The van der Waals surface area contributed by atoms with Gasteiger partial charge in [0.1, 0.15) is 17.3 Å². The molecule has 0 saturated heterocycles. The molecule has 10 heteroatoms. The van der Waals surface area contributed by atoms with Gasteiger partial charge in [0.15, 0.2) is 11.9 Å². The van der Waals surface area contributed by atoms with E-state index in [0.717, 1.165) is 17.7 Å². The highest BCUT2D eigenvalue weighted by Crippen LogP contribution is 2.22. The highest BCUT2D eigenvalue weighted by Gasteiger charge is 2.31. The molecule has 4 atom stereocenters. The van der Waals surface area contributed by atoms with E-state index in [2.05, 4.69) is 0 Å². The zero-order valence-corrected chi connectivity index (χ0v) is 29.4. The third kappa shape index (κ3) is 21.0. The van der Waals surface area contributed by atoms with Crippen LogP contribution in [0.25, 0.3) is 0 Å². The van der Waals surface area contributed by atoms with Gasteiger partial charge in [0, 0.05) is 18.3 Å². The molecule has 0 bridgehead atoms. The molecule has 10 nitrogen and oxygen atoms in total. The normalized spacial score (nSPS) is 13.7. The van der Waals surface area contributed by atoms with E-state index in [0.29, 0.717) is 25.7 Å². The predicted molar refractivity (Wildman–Crippen MR) is 182 cm³/mol. The van der Waals surface area contributed by atoms with E-state index in [1.165, 1.54) is 0 Å². The molecule has 264 valence electrons. The molecule has 2 unspecified atom stereocenters. The molecule has 2 aromatic carbocycles. The maximum atomic E-state index is 12.1.